The van der Waals surface area contributed by atoms with Crippen molar-refractivity contribution in [3.63, 3.8) is 0 Å². The highest BCUT2D eigenvalue weighted by Crippen LogP contribution is 2.19. The third-order valence-electron chi connectivity index (χ3n) is 1.23. The number of esters is 1. The zero-order valence-electron chi connectivity index (χ0n) is 7.81. The summed E-state index contributed by atoms with van der Waals surface area (Å²) in [7, 11) is 0. The highest BCUT2D eigenvalue weighted by atomic mass is 19.4. The van der Waals surface area contributed by atoms with Crippen LogP contribution in [0.5, 0.6) is 0 Å². The highest BCUT2D eigenvalue weighted by Gasteiger charge is 2.41. The van der Waals surface area contributed by atoms with Crippen LogP contribution in [0.1, 0.15) is 22.1 Å². The zero-order valence-corrected chi connectivity index (χ0v) is 6.81. The minimum Gasteiger partial charge on any atom is -0.456 e. The Balaban J connectivity index is 4.18. The lowest BCUT2D eigenvalue weighted by molar-refractivity contribution is -0.205. The van der Waals surface area contributed by atoms with Gasteiger partial charge in [-0.15, -0.1) is 0 Å². The lowest BCUT2D eigenvalue weighted by Crippen LogP contribution is -2.30. The van der Waals surface area contributed by atoms with Crippen LogP contribution < -0.4 is 0 Å². The Kier molecular flexibility index (Phi) is 2.94. The van der Waals surface area contributed by atoms with Crippen LogP contribution in [0.3, 0.4) is 0 Å². The Morgan fingerprint density at radius 3 is 2.25 bits per heavy atom. The Labute approximate surface area is 70.1 Å². The third-order valence-corrected chi connectivity index (χ3v) is 1.23. The fourth-order valence-corrected chi connectivity index (χ4v) is 0.340. The molecule has 0 fully saturated rings. The maximum absolute atomic E-state index is 11.7. The van der Waals surface area contributed by atoms with Crippen molar-refractivity contribution in [1.29, 1.82) is 0 Å². The molecule has 5 heteroatoms. The second kappa shape index (κ2) is 3.78. The smallest absolute Gasteiger partial charge is 0.456 e. The van der Waals surface area contributed by atoms with Gasteiger partial charge in [-0.05, 0) is 12.8 Å². The highest BCUT2D eigenvalue weighted by molar-refractivity contribution is 5.75. The number of ether oxygens (including phenoxy) is 1. The summed E-state index contributed by atoms with van der Waals surface area (Å²) in [5.41, 5.74) is 0. The molecule has 72 valence electrons. The molecule has 0 aromatic rings. The van der Waals surface area contributed by atoms with Crippen molar-refractivity contribution < 1.29 is 24.1 Å². The van der Waals surface area contributed by atoms with E-state index in [1.165, 1.54) is 0 Å². The van der Waals surface area contributed by atoms with Gasteiger partial charge >= 0.3 is 12.1 Å². The summed E-state index contributed by atoms with van der Waals surface area (Å²) >= 11 is 0. The first-order chi connectivity index (χ1) is 5.79. The molecule has 0 spiro atoms. The van der Waals surface area contributed by atoms with E-state index in [4.69, 9.17) is 1.37 Å². The standard InChI is InChI=1S/C7H11F3O2/c1-4(2)5(3)12-6(11)7(8,9)10/h4-5H,1-3H3/i3D. The van der Waals surface area contributed by atoms with Crippen LogP contribution in [0.25, 0.3) is 0 Å². The van der Waals surface area contributed by atoms with Gasteiger partial charge in [0.15, 0.2) is 0 Å². The molecule has 0 saturated heterocycles. The van der Waals surface area contributed by atoms with E-state index in [-0.39, 0.29) is 12.8 Å². The molecule has 0 saturated carbocycles. The number of alkyl halides is 3. The summed E-state index contributed by atoms with van der Waals surface area (Å²) < 4.78 is 45.9. The quantitative estimate of drug-likeness (QED) is 0.616. The van der Waals surface area contributed by atoms with E-state index in [0.717, 1.165) is 0 Å². The zero-order chi connectivity index (χ0) is 10.6. The van der Waals surface area contributed by atoms with Gasteiger partial charge in [-0.25, -0.2) is 4.79 Å². The van der Waals surface area contributed by atoms with Gasteiger partial charge in [-0.2, -0.15) is 13.2 Å². The normalized spacial score (nSPS) is 15.7. The molecular formula is C7H11F3O2. The number of rotatable bonds is 2. The average Bonchev–Trinajstić information content (AvgIpc) is 1.96. The summed E-state index contributed by atoms with van der Waals surface area (Å²) in [6.45, 7) is 2.81. The van der Waals surface area contributed by atoms with E-state index in [9.17, 15) is 18.0 Å². The van der Waals surface area contributed by atoms with E-state index < -0.39 is 18.2 Å². The molecule has 0 N–H and O–H groups in total. The Bertz CT molecular complexity index is 179. The first kappa shape index (κ1) is 9.35. The monoisotopic (exact) mass is 185 g/mol. The van der Waals surface area contributed by atoms with E-state index in [2.05, 4.69) is 4.74 Å². The molecule has 0 aliphatic heterocycles. The molecule has 0 aliphatic rings. The summed E-state index contributed by atoms with van der Waals surface area (Å²) in [6, 6.07) is 0. The molecule has 0 bridgehead atoms. The van der Waals surface area contributed by atoms with Gasteiger partial charge in [0.2, 0.25) is 0 Å². The largest absolute Gasteiger partial charge is 0.490 e. The number of halogens is 3. The minimum atomic E-state index is -4.97. The first-order valence-corrected chi connectivity index (χ1v) is 3.36. The van der Waals surface area contributed by atoms with Crippen LogP contribution in [-0.2, 0) is 9.53 Å². The fourth-order valence-electron chi connectivity index (χ4n) is 0.340. The molecule has 0 heterocycles. The third kappa shape index (κ3) is 3.59. The van der Waals surface area contributed by atoms with Gasteiger partial charge in [0.1, 0.15) is 6.10 Å². The molecule has 0 radical (unpaired) electrons. The van der Waals surface area contributed by atoms with E-state index in [0.29, 0.717) is 0 Å². The molecule has 1 unspecified atom stereocenters. The first-order valence-electron chi connectivity index (χ1n) is 4.06. The second-order valence-electron chi connectivity index (χ2n) is 2.69. The van der Waals surface area contributed by atoms with Crippen LogP contribution in [-0.4, -0.2) is 18.2 Å². The predicted octanol–water partition coefficient (Wildman–Crippen LogP) is 2.14. The summed E-state index contributed by atoms with van der Waals surface area (Å²) in [5.74, 6) is -2.51. The van der Waals surface area contributed by atoms with Crippen molar-refractivity contribution in [2.24, 2.45) is 5.92 Å². The van der Waals surface area contributed by atoms with Gasteiger partial charge in [-0.1, -0.05) is 13.8 Å². The molecule has 0 amide bonds. The van der Waals surface area contributed by atoms with Crippen molar-refractivity contribution in [3.8, 4) is 0 Å². The minimum absolute atomic E-state index is 0.288. The van der Waals surface area contributed by atoms with Crippen LogP contribution >= 0.6 is 0 Å². The van der Waals surface area contributed by atoms with Gasteiger partial charge < -0.3 is 4.74 Å². The Morgan fingerprint density at radius 2 is 2.00 bits per heavy atom. The van der Waals surface area contributed by atoms with Gasteiger partial charge in [0.05, 0.1) is 0 Å². The number of carbonyl (C=O) groups excluding carboxylic acids is 1. The Hall–Kier alpha value is -0.740. The number of hydrogen-bond donors (Lipinski definition) is 0. The van der Waals surface area contributed by atoms with Gasteiger partial charge in [0.25, 0.3) is 0 Å². The molecule has 0 aromatic carbocycles. The summed E-state index contributed by atoms with van der Waals surface area (Å²) in [5, 5.41) is 0. The fraction of sp³-hybridized carbons (Fsp3) is 0.857. The van der Waals surface area contributed by atoms with Crippen LogP contribution in [0, 0.1) is 5.92 Å². The van der Waals surface area contributed by atoms with E-state index in [1.54, 1.807) is 13.8 Å². The van der Waals surface area contributed by atoms with Crippen LogP contribution in [0.4, 0.5) is 13.2 Å². The molecule has 2 nitrogen and oxygen atoms in total. The van der Waals surface area contributed by atoms with Gasteiger partial charge in [0, 0.05) is 1.37 Å². The van der Waals surface area contributed by atoms with Crippen molar-refractivity contribution in [2.45, 2.75) is 33.0 Å². The molecule has 1 atom stereocenters. The van der Waals surface area contributed by atoms with Crippen molar-refractivity contribution in [2.75, 3.05) is 0 Å². The van der Waals surface area contributed by atoms with Crippen molar-refractivity contribution >= 4 is 5.97 Å². The van der Waals surface area contributed by atoms with E-state index in [1.807, 2.05) is 0 Å². The second-order valence-corrected chi connectivity index (χ2v) is 2.69. The predicted molar refractivity (Wildman–Crippen MR) is 36.4 cm³/mol. The lowest BCUT2D eigenvalue weighted by atomic mass is 10.1. The average molecular weight is 185 g/mol. The topological polar surface area (TPSA) is 26.3 Å². The number of hydrogen-bond acceptors (Lipinski definition) is 2. The Morgan fingerprint density at radius 1 is 1.50 bits per heavy atom. The van der Waals surface area contributed by atoms with Crippen LogP contribution in [0.15, 0.2) is 0 Å². The maximum Gasteiger partial charge on any atom is 0.490 e. The molecular weight excluding hydrogens is 173 g/mol. The molecule has 0 rings (SSSR count). The molecule has 0 aromatic heterocycles. The number of carbonyl (C=O) groups is 1. The van der Waals surface area contributed by atoms with Crippen molar-refractivity contribution in [1.82, 2.24) is 0 Å². The summed E-state index contributed by atoms with van der Waals surface area (Å²) in [4.78, 5) is 10.3. The van der Waals surface area contributed by atoms with Crippen molar-refractivity contribution in [3.05, 3.63) is 0 Å². The van der Waals surface area contributed by atoms with Crippen LogP contribution in [0.2, 0.25) is 0 Å². The van der Waals surface area contributed by atoms with E-state index >= 15 is 0 Å². The maximum atomic E-state index is 11.7. The lowest BCUT2D eigenvalue weighted by Gasteiger charge is -2.17. The molecule has 12 heavy (non-hydrogen) atoms. The summed E-state index contributed by atoms with van der Waals surface area (Å²) in [6.07, 6.45) is -5.96. The molecule has 0 aliphatic carbocycles. The SMILES string of the molecule is [2H]CC(OC(=O)C(F)(F)F)C(C)C. The van der Waals surface area contributed by atoms with Gasteiger partial charge in [-0.3, -0.25) is 0 Å².